The Hall–Kier alpha value is -1.03. The molecule has 0 aromatic heterocycles. The van der Waals surface area contributed by atoms with E-state index in [0.29, 0.717) is 6.42 Å². The summed E-state index contributed by atoms with van der Waals surface area (Å²) in [4.78, 5) is 10.8. The van der Waals surface area contributed by atoms with Gasteiger partial charge in [-0.05, 0) is 18.4 Å². The minimum absolute atomic E-state index is 0.312. The monoisotopic (exact) mass is 186 g/mol. The first-order chi connectivity index (χ1) is 6.24. The number of esters is 1. The van der Waals surface area contributed by atoms with Crippen LogP contribution in [0.4, 0.5) is 0 Å². The lowest BCUT2D eigenvalue weighted by Gasteiger charge is -2.15. The Balaban J connectivity index is 2.38. The second-order valence-corrected chi connectivity index (χ2v) is 2.99. The van der Waals surface area contributed by atoms with Gasteiger partial charge >= 0.3 is 5.97 Å². The van der Waals surface area contributed by atoms with E-state index in [1.54, 1.807) is 6.26 Å². The number of carbonyl (C=O) groups excluding carboxylic acids is 1. The molecule has 1 aliphatic rings. The van der Waals surface area contributed by atoms with Gasteiger partial charge in [0.1, 0.15) is 0 Å². The van der Waals surface area contributed by atoms with Gasteiger partial charge in [0.05, 0.1) is 20.0 Å². The van der Waals surface area contributed by atoms with E-state index in [9.17, 15) is 9.90 Å². The molecule has 0 fully saturated rings. The third-order valence-corrected chi connectivity index (χ3v) is 1.94. The smallest absolute Gasteiger partial charge is 0.335 e. The Bertz CT molecular complexity index is 210. The molecular weight excluding hydrogens is 172 g/mol. The summed E-state index contributed by atoms with van der Waals surface area (Å²) in [5.74, 6) is -0.591. The van der Waals surface area contributed by atoms with Crippen LogP contribution in [0.2, 0.25) is 0 Å². The number of hydrogen-bond donors (Lipinski definition) is 1. The third kappa shape index (κ3) is 3.06. The van der Waals surface area contributed by atoms with Crippen LogP contribution in [-0.2, 0) is 14.3 Å². The van der Waals surface area contributed by atoms with Crippen LogP contribution in [0, 0.1) is 0 Å². The standard InChI is InChI=1S/C9H14O4/c1-12-9(11)8(10)5-7-3-2-4-13-6-7/h6,8,10H,2-5H2,1H3. The molecule has 1 heterocycles. The molecule has 0 aromatic rings. The summed E-state index contributed by atoms with van der Waals surface area (Å²) >= 11 is 0. The Morgan fingerprint density at radius 1 is 1.85 bits per heavy atom. The fourth-order valence-electron chi connectivity index (χ4n) is 1.24. The van der Waals surface area contributed by atoms with E-state index in [0.717, 1.165) is 25.0 Å². The van der Waals surface area contributed by atoms with Crippen molar-refractivity contribution in [3.63, 3.8) is 0 Å². The summed E-state index contributed by atoms with van der Waals surface area (Å²) in [6, 6.07) is 0. The van der Waals surface area contributed by atoms with Gasteiger partial charge in [-0.15, -0.1) is 0 Å². The maximum Gasteiger partial charge on any atom is 0.335 e. The zero-order chi connectivity index (χ0) is 9.68. The lowest BCUT2D eigenvalue weighted by Crippen LogP contribution is -2.22. The van der Waals surface area contributed by atoms with Crippen molar-refractivity contribution >= 4 is 5.97 Å². The Morgan fingerprint density at radius 2 is 2.62 bits per heavy atom. The minimum atomic E-state index is -1.06. The highest BCUT2D eigenvalue weighted by atomic mass is 16.5. The van der Waals surface area contributed by atoms with E-state index in [-0.39, 0.29) is 0 Å². The largest absolute Gasteiger partial charge is 0.501 e. The van der Waals surface area contributed by atoms with Crippen molar-refractivity contribution in [2.75, 3.05) is 13.7 Å². The molecule has 0 bridgehead atoms. The van der Waals surface area contributed by atoms with Crippen molar-refractivity contribution in [2.24, 2.45) is 0 Å². The van der Waals surface area contributed by atoms with Crippen LogP contribution < -0.4 is 0 Å². The summed E-state index contributed by atoms with van der Waals surface area (Å²) < 4.78 is 9.47. The van der Waals surface area contributed by atoms with E-state index >= 15 is 0 Å². The fraction of sp³-hybridized carbons (Fsp3) is 0.667. The summed E-state index contributed by atoms with van der Waals surface area (Å²) in [7, 11) is 1.26. The van der Waals surface area contributed by atoms with Crippen molar-refractivity contribution in [2.45, 2.75) is 25.4 Å². The quantitative estimate of drug-likeness (QED) is 0.656. The summed E-state index contributed by atoms with van der Waals surface area (Å²) in [6.07, 6.45) is 2.70. The van der Waals surface area contributed by atoms with Gasteiger partial charge in [0.25, 0.3) is 0 Å². The van der Waals surface area contributed by atoms with Crippen LogP contribution >= 0.6 is 0 Å². The number of rotatable bonds is 3. The fourth-order valence-corrected chi connectivity index (χ4v) is 1.24. The van der Waals surface area contributed by atoms with Crippen molar-refractivity contribution in [1.29, 1.82) is 0 Å². The van der Waals surface area contributed by atoms with Gasteiger partial charge in [0.2, 0.25) is 0 Å². The predicted molar refractivity (Wildman–Crippen MR) is 45.9 cm³/mol. The van der Waals surface area contributed by atoms with Gasteiger partial charge in [0, 0.05) is 6.42 Å². The first-order valence-corrected chi connectivity index (χ1v) is 4.29. The van der Waals surface area contributed by atoms with E-state index in [4.69, 9.17) is 4.74 Å². The summed E-state index contributed by atoms with van der Waals surface area (Å²) in [6.45, 7) is 0.720. The molecule has 0 saturated heterocycles. The molecule has 0 saturated carbocycles. The van der Waals surface area contributed by atoms with E-state index in [1.165, 1.54) is 7.11 Å². The van der Waals surface area contributed by atoms with Gasteiger partial charge in [0.15, 0.2) is 6.10 Å². The highest BCUT2D eigenvalue weighted by Crippen LogP contribution is 2.17. The number of carbonyl (C=O) groups is 1. The third-order valence-electron chi connectivity index (χ3n) is 1.94. The molecule has 1 N–H and O–H groups in total. The molecule has 0 radical (unpaired) electrons. The highest BCUT2D eigenvalue weighted by molar-refractivity contribution is 5.74. The number of aliphatic hydroxyl groups is 1. The van der Waals surface area contributed by atoms with Gasteiger partial charge in [-0.3, -0.25) is 0 Å². The molecule has 1 rings (SSSR count). The molecule has 0 aromatic carbocycles. The minimum Gasteiger partial charge on any atom is -0.501 e. The highest BCUT2D eigenvalue weighted by Gasteiger charge is 2.18. The van der Waals surface area contributed by atoms with Crippen LogP contribution in [0.3, 0.4) is 0 Å². The second kappa shape index (κ2) is 4.87. The van der Waals surface area contributed by atoms with Crippen molar-refractivity contribution in [3.8, 4) is 0 Å². The number of ether oxygens (including phenoxy) is 2. The van der Waals surface area contributed by atoms with Crippen LogP contribution in [0.5, 0.6) is 0 Å². The SMILES string of the molecule is COC(=O)C(O)CC1=COCCC1. The molecule has 74 valence electrons. The maximum atomic E-state index is 10.8. The molecule has 0 spiro atoms. The summed E-state index contributed by atoms with van der Waals surface area (Å²) in [5, 5.41) is 9.30. The molecule has 1 atom stereocenters. The Kier molecular flexibility index (Phi) is 3.76. The van der Waals surface area contributed by atoms with Gasteiger partial charge in [-0.25, -0.2) is 4.79 Å². The topological polar surface area (TPSA) is 55.8 Å². The maximum absolute atomic E-state index is 10.8. The summed E-state index contributed by atoms with van der Waals surface area (Å²) in [5.41, 5.74) is 0.962. The van der Waals surface area contributed by atoms with Crippen LogP contribution in [-0.4, -0.2) is 30.9 Å². The van der Waals surface area contributed by atoms with E-state index in [1.807, 2.05) is 0 Å². The lowest BCUT2D eigenvalue weighted by molar-refractivity contribution is -0.150. The molecule has 1 aliphatic heterocycles. The van der Waals surface area contributed by atoms with Gasteiger partial charge in [-0.1, -0.05) is 0 Å². The number of methoxy groups -OCH3 is 1. The molecule has 4 nitrogen and oxygen atoms in total. The molecule has 4 heteroatoms. The van der Waals surface area contributed by atoms with Crippen LogP contribution in [0.15, 0.2) is 11.8 Å². The van der Waals surface area contributed by atoms with Crippen molar-refractivity contribution in [1.82, 2.24) is 0 Å². The number of aliphatic hydroxyl groups excluding tert-OH is 1. The molecular formula is C9H14O4. The first kappa shape index (κ1) is 10.1. The van der Waals surface area contributed by atoms with E-state index in [2.05, 4.69) is 4.74 Å². The average molecular weight is 186 g/mol. The molecule has 0 amide bonds. The first-order valence-electron chi connectivity index (χ1n) is 4.29. The zero-order valence-electron chi connectivity index (χ0n) is 7.66. The van der Waals surface area contributed by atoms with Crippen LogP contribution in [0.1, 0.15) is 19.3 Å². The van der Waals surface area contributed by atoms with Crippen molar-refractivity contribution in [3.05, 3.63) is 11.8 Å². The number of hydrogen-bond acceptors (Lipinski definition) is 4. The molecule has 1 unspecified atom stereocenters. The van der Waals surface area contributed by atoms with Gasteiger partial charge in [-0.2, -0.15) is 0 Å². The van der Waals surface area contributed by atoms with Crippen LogP contribution in [0.25, 0.3) is 0 Å². The normalized spacial score (nSPS) is 18.5. The Morgan fingerprint density at radius 3 is 3.15 bits per heavy atom. The van der Waals surface area contributed by atoms with E-state index < -0.39 is 12.1 Å². The lowest BCUT2D eigenvalue weighted by atomic mass is 10.0. The molecule has 0 aliphatic carbocycles. The second-order valence-electron chi connectivity index (χ2n) is 2.99. The average Bonchev–Trinajstić information content (AvgIpc) is 2.18. The molecule has 13 heavy (non-hydrogen) atoms. The Labute approximate surface area is 77.1 Å². The zero-order valence-corrected chi connectivity index (χ0v) is 7.66. The predicted octanol–water partition coefficient (Wildman–Crippen LogP) is 0.605. The van der Waals surface area contributed by atoms with Gasteiger partial charge < -0.3 is 14.6 Å². The van der Waals surface area contributed by atoms with Crippen molar-refractivity contribution < 1.29 is 19.4 Å².